The highest BCUT2D eigenvalue weighted by atomic mass is 19.4. The Morgan fingerprint density at radius 3 is 2.58 bits per heavy atom. The molecule has 0 aliphatic rings. The van der Waals surface area contributed by atoms with Crippen LogP contribution < -0.4 is 5.32 Å². The molecule has 0 aliphatic carbocycles. The van der Waals surface area contributed by atoms with Gasteiger partial charge in [0.25, 0.3) is 5.91 Å². The molecule has 1 aromatic heterocycles. The molecule has 1 amide bonds. The molecule has 2 N–H and O–H groups in total. The van der Waals surface area contributed by atoms with Crippen molar-refractivity contribution in [3.05, 3.63) is 41.2 Å². The lowest BCUT2D eigenvalue weighted by Gasteiger charge is -2.11. The summed E-state index contributed by atoms with van der Waals surface area (Å²) in [6, 6.07) is 4.51. The minimum Gasteiger partial charge on any atom is -0.289 e. The molecular formula is C11H9F3N4O. The molecule has 0 spiro atoms. The van der Waals surface area contributed by atoms with Gasteiger partial charge in [-0.1, -0.05) is 12.1 Å². The van der Waals surface area contributed by atoms with E-state index in [9.17, 15) is 18.0 Å². The van der Waals surface area contributed by atoms with Crippen LogP contribution in [0.15, 0.2) is 24.3 Å². The van der Waals surface area contributed by atoms with Crippen LogP contribution in [-0.4, -0.2) is 21.1 Å². The summed E-state index contributed by atoms with van der Waals surface area (Å²) in [6.07, 6.45) is -4.59. The number of aryl methyl sites for hydroxylation is 1. The van der Waals surface area contributed by atoms with Crippen LogP contribution in [0.2, 0.25) is 0 Å². The van der Waals surface area contributed by atoms with E-state index in [1.165, 1.54) is 12.1 Å². The van der Waals surface area contributed by atoms with Gasteiger partial charge in [-0.3, -0.25) is 15.2 Å². The highest BCUT2D eigenvalue weighted by molar-refractivity contribution is 6.04. The topological polar surface area (TPSA) is 70.7 Å². The Hall–Kier alpha value is -2.38. The van der Waals surface area contributed by atoms with E-state index in [2.05, 4.69) is 20.5 Å². The zero-order valence-corrected chi connectivity index (χ0v) is 9.75. The van der Waals surface area contributed by atoms with Gasteiger partial charge in [-0.2, -0.15) is 18.2 Å². The van der Waals surface area contributed by atoms with Crippen LogP contribution in [0, 0.1) is 6.92 Å². The van der Waals surface area contributed by atoms with Crippen molar-refractivity contribution in [3.8, 4) is 0 Å². The average molecular weight is 270 g/mol. The van der Waals surface area contributed by atoms with Gasteiger partial charge in [-0.05, 0) is 19.1 Å². The molecular weight excluding hydrogens is 261 g/mol. The maximum absolute atomic E-state index is 12.7. The summed E-state index contributed by atoms with van der Waals surface area (Å²) in [6.45, 7) is 1.60. The first kappa shape index (κ1) is 13.1. The van der Waals surface area contributed by atoms with E-state index in [0.29, 0.717) is 5.82 Å². The van der Waals surface area contributed by atoms with Crippen molar-refractivity contribution in [1.82, 2.24) is 15.2 Å². The van der Waals surface area contributed by atoms with Crippen LogP contribution in [0.25, 0.3) is 0 Å². The van der Waals surface area contributed by atoms with Crippen LogP contribution in [0.5, 0.6) is 0 Å². The summed E-state index contributed by atoms with van der Waals surface area (Å²) >= 11 is 0. The second-order valence-electron chi connectivity index (χ2n) is 3.74. The van der Waals surface area contributed by atoms with Gasteiger partial charge >= 0.3 is 6.18 Å². The van der Waals surface area contributed by atoms with Gasteiger partial charge in [-0.15, -0.1) is 5.10 Å². The zero-order chi connectivity index (χ0) is 14.0. The Bertz CT molecular complexity index is 606. The summed E-state index contributed by atoms with van der Waals surface area (Å²) in [4.78, 5) is 15.6. The predicted octanol–water partition coefficient (Wildman–Crippen LogP) is 2.38. The van der Waals surface area contributed by atoms with E-state index in [4.69, 9.17) is 0 Å². The summed E-state index contributed by atoms with van der Waals surface area (Å²) in [5, 5.41) is 8.30. The number of nitrogens with one attached hydrogen (secondary N) is 2. The number of hydrogen-bond donors (Lipinski definition) is 2. The Kier molecular flexibility index (Phi) is 3.24. The van der Waals surface area contributed by atoms with Crippen LogP contribution in [0.3, 0.4) is 0 Å². The van der Waals surface area contributed by atoms with Gasteiger partial charge in [0, 0.05) is 0 Å². The predicted molar refractivity (Wildman–Crippen MR) is 60.5 cm³/mol. The third-order valence-corrected chi connectivity index (χ3v) is 2.30. The minimum absolute atomic E-state index is 0.0699. The molecule has 1 aromatic carbocycles. The summed E-state index contributed by atoms with van der Waals surface area (Å²) in [5.74, 6) is -0.536. The Labute approximate surface area is 105 Å². The molecule has 0 bridgehead atoms. The number of benzene rings is 1. The first-order valence-corrected chi connectivity index (χ1v) is 5.24. The molecule has 0 atom stereocenters. The fourth-order valence-electron chi connectivity index (χ4n) is 1.50. The Balaban J connectivity index is 2.29. The van der Waals surface area contributed by atoms with Gasteiger partial charge in [0.15, 0.2) is 0 Å². The van der Waals surface area contributed by atoms with Crippen LogP contribution in [-0.2, 0) is 6.18 Å². The van der Waals surface area contributed by atoms with E-state index in [-0.39, 0.29) is 5.95 Å². The third kappa shape index (κ3) is 2.90. The van der Waals surface area contributed by atoms with E-state index in [0.717, 1.165) is 12.1 Å². The molecule has 1 heterocycles. The molecule has 8 heteroatoms. The fraction of sp³-hybridized carbons (Fsp3) is 0.182. The largest absolute Gasteiger partial charge is 0.417 e. The third-order valence-electron chi connectivity index (χ3n) is 2.30. The number of alkyl halides is 3. The molecule has 2 aromatic rings. The minimum atomic E-state index is -4.59. The maximum Gasteiger partial charge on any atom is 0.417 e. The summed E-state index contributed by atoms with van der Waals surface area (Å²) < 4.78 is 38.2. The van der Waals surface area contributed by atoms with E-state index < -0.39 is 23.2 Å². The number of aromatic amines is 1. The SMILES string of the molecule is Cc1nc(NC(=O)c2ccccc2C(F)(F)F)n[nH]1. The standard InChI is InChI=1S/C11H9F3N4O/c1-6-15-10(18-17-6)16-9(19)7-4-2-3-5-8(7)11(12,13)14/h2-5H,1H3,(H2,15,16,17,18,19). The molecule has 0 aliphatic heterocycles. The Morgan fingerprint density at radius 1 is 1.32 bits per heavy atom. The fourth-order valence-corrected chi connectivity index (χ4v) is 1.50. The first-order valence-electron chi connectivity index (χ1n) is 5.24. The number of halogens is 3. The lowest BCUT2D eigenvalue weighted by Crippen LogP contribution is -2.19. The van der Waals surface area contributed by atoms with Crippen molar-refractivity contribution < 1.29 is 18.0 Å². The molecule has 100 valence electrons. The van der Waals surface area contributed by atoms with Gasteiger partial charge < -0.3 is 0 Å². The Morgan fingerprint density at radius 2 is 2.00 bits per heavy atom. The monoisotopic (exact) mass is 270 g/mol. The first-order chi connectivity index (χ1) is 8.88. The molecule has 5 nitrogen and oxygen atoms in total. The van der Waals surface area contributed by atoms with Crippen molar-refractivity contribution in [2.45, 2.75) is 13.1 Å². The summed E-state index contributed by atoms with van der Waals surface area (Å²) in [7, 11) is 0. The van der Waals surface area contributed by atoms with Gasteiger partial charge in [0.1, 0.15) is 5.82 Å². The van der Waals surface area contributed by atoms with Gasteiger partial charge in [0.05, 0.1) is 11.1 Å². The normalized spacial score (nSPS) is 11.4. The van der Waals surface area contributed by atoms with Crippen molar-refractivity contribution >= 4 is 11.9 Å². The van der Waals surface area contributed by atoms with Gasteiger partial charge in [0.2, 0.25) is 5.95 Å². The molecule has 2 rings (SSSR count). The van der Waals surface area contributed by atoms with Crippen LogP contribution in [0.4, 0.5) is 19.1 Å². The highest BCUT2D eigenvalue weighted by Crippen LogP contribution is 2.31. The molecule has 0 fully saturated rings. The number of carbonyl (C=O) groups is 1. The number of anilines is 1. The number of H-pyrrole nitrogens is 1. The van der Waals surface area contributed by atoms with Crippen LogP contribution in [0.1, 0.15) is 21.7 Å². The van der Waals surface area contributed by atoms with E-state index in [1.807, 2.05) is 0 Å². The van der Waals surface area contributed by atoms with Crippen LogP contribution >= 0.6 is 0 Å². The summed E-state index contributed by atoms with van der Waals surface area (Å²) in [5.41, 5.74) is -1.47. The number of rotatable bonds is 2. The number of carbonyl (C=O) groups excluding carboxylic acids is 1. The molecule has 19 heavy (non-hydrogen) atoms. The second-order valence-corrected chi connectivity index (χ2v) is 3.74. The second kappa shape index (κ2) is 4.71. The smallest absolute Gasteiger partial charge is 0.289 e. The van der Waals surface area contributed by atoms with Crippen molar-refractivity contribution in [2.75, 3.05) is 5.32 Å². The molecule has 0 radical (unpaired) electrons. The van der Waals surface area contributed by atoms with E-state index in [1.54, 1.807) is 6.92 Å². The van der Waals surface area contributed by atoms with Crippen molar-refractivity contribution in [3.63, 3.8) is 0 Å². The molecule has 0 unspecified atom stereocenters. The van der Waals surface area contributed by atoms with Crippen molar-refractivity contribution in [1.29, 1.82) is 0 Å². The quantitative estimate of drug-likeness (QED) is 0.880. The van der Waals surface area contributed by atoms with E-state index >= 15 is 0 Å². The lowest BCUT2D eigenvalue weighted by atomic mass is 10.1. The number of hydrogen-bond acceptors (Lipinski definition) is 3. The van der Waals surface area contributed by atoms with Gasteiger partial charge in [-0.25, -0.2) is 0 Å². The average Bonchev–Trinajstić information content (AvgIpc) is 2.73. The maximum atomic E-state index is 12.7. The highest BCUT2D eigenvalue weighted by Gasteiger charge is 2.34. The van der Waals surface area contributed by atoms with Crippen molar-refractivity contribution in [2.24, 2.45) is 0 Å². The zero-order valence-electron chi connectivity index (χ0n) is 9.75. The molecule has 0 saturated carbocycles. The lowest BCUT2D eigenvalue weighted by molar-refractivity contribution is -0.137. The number of nitrogens with zero attached hydrogens (tertiary/aromatic N) is 2. The molecule has 0 saturated heterocycles. The number of aromatic nitrogens is 3. The number of amides is 1.